The zero-order valence-corrected chi connectivity index (χ0v) is 8.99. The Kier molecular flexibility index (Phi) is 3.53. The quantitative estimate of drug-likeness (QED) is 0.733. The van der Waals surface area contributed by atoms with Crippen molar-refractivity contribution in [1.29, 1.82) is 0 Å². The van der Waals surface area contributed by atoms with Crippen molar-refractivity contribution in [1.82, 2.24) is 0 Å². The summed E-state index contributed by atoms with van der Waals surface area (Å²) in [4.78, 5) is 10.9. The van der Waals surface area contributed by atoms with Crippen LogP contribution in [0.1, 0.15) is 46.0 Å². The van der Waals surface area contributed by atoms with Gasteiger partial charge in [-0.1, -0.05) is 19.3 Å². The maximum Gasteiger partial charge on any atom is 0.311 e. The van der Waals surface area contributed by atoms with Crippen molar-refractivity contribution in [3.8, 4) is 0 Å². The molecule has 0 aromatic carbocycles. The van der Waals surface area contributed by atoms with Crippen LogP contribution in [0.25, 0.3) is 0 Å². The molecule has 14 heavy (non-hydrogen) atoms. The zero-order chi connectivity index (χ0) is 10.8. The van der Waals surface area contributed by atoms with Crippen LogP contribution in [0, 0.1) is 11.3 Å². The number of rotatable bonds is 3. The highest BCUT2D eigenvalue weighted by Gasteiger charge is 2.40. The fraction of sp³-hybridized carbons (Fsp3) is 0.909. The summed E-state index contributed by atoms with van der Waals surface area (Å²) in [5, 5.41) is 19.0. The highest BCUT2D eigenvalue weighted by atomic mass is 16.4. The predicted octanol–water partition coefficient (Wildman–Crippen LogP) is 2.04. The maximum absolute atomic E-state index is 10.9. The minimum absolute atomic E-state index is 0.176. The average molecular weight is 200 g/mol. The van der Waals surface area contributed by atoms with Gasteiger partial charge in [0.25, 0.3) is 0 Å². The van der Waals surface area contributed by atoms with Crippen LogP contribution in [0.2, 0.25) is 0 Å². The van der Waals surface area contributed by atoms with E-state index in [1.807, 2.05) is 0 Å². The lowest BCUT2D eigenvalue weighted by Crippen LogP contribution is -2.42. The van der Waals surface area contributed by atoms with Gasteiger partial charge >= 0.3 is 5.97 Å². The highest BCUT2D eigenvalue weighted by molar-refractivity contribution is 5.74. The molecule has 1 aliphatic carbocycles. The summed E-state index contributed by atoms with van der Waals surface area (Å²) in [5.74, 6) is -0.731. The second-order valence-electron chi connectivity index (χ2n) is 4.87. The minimum atomic E-state index is -1.01. The average Bonchev–Trinajstić information content (AvgIpc) is 2.17. The van der Waals surface area contributed by atoms with E-state index in [9.17, 15) is 9.90 Å². The summed E-state index contributed by atoms with van der Waals surface area (Å²) in [5.41, 5.74) is -1.01. The van der Waals surface area contributed by atoms with E-state index in [1.165, 1.54) is 6.42 Å². The molecule has 0 aliphatic heterocycles. The summed E-state index contributed by atoms with van der Waals surface area (Å²) < 4.78 is 0. The molecule has 3 heteroatoms. The Morgan fingerprint density at radius 2 is 1.79 bits per heavy atom. The molecule has 0 heterocycles. The SMILES string of the molecule is CC(C)(C(=O)O)C(O)C1CCCCC1. The van der Waals surface area contributed by atoms with Crippen LogP contribution in [0.5, 0.6) is 0 Å². The van der Waals surface area contributed by atoms with Gasteiger partial charge in [0.05, 0.1) is 11.5 Å². The van der Waals surface area contributed by atoms with E-state index >= 15 is 0 Å². The molecule has 1 unspecified atom stereocenters. The fourth-order valence-electron chi connectivity index (χ4n) is 2.17. The summed E-state index contributed by atoms with van der Waals surface area (Å²) in [6.07, 6.45) is 4.70. The van der Waals surface area contributed by atoms with E-state index in [4.69, 9.17) is 5.11 Å². The van der Waals surface area contributed by atoms with Crippen molar-refractivity contribution in [3.05, 3.63) is 0 Å². The Morgan fingerprint density at radius 1 is 1.29 bits per heavy atom. The molecule has 1 saturated carbocycles. The Morgan fingerprint density at radius 3 is 2.21 bits per heavy atom. The van der Waals surface area contributed by atoms with Crippen molar-refractivity contribution < 1.29 is 15.0 Å². The molecule has 0 amide bonds. The second kappa shape index (κ2) is 4.30. The molecule has 0 bridgehead atoms. The van der Waals surface area contributed by atoms with Crippen molar-refractivity contribution in [3.63, 3.8) is 0 Å². The van der Waals surface area contributed by atoms with Crippen LogP contribution >= 0.6 is 0 Å². The van der Waals surface area contributed by atoms with Crippen molar-refractivity contribution in [2.24, 2.45) is 11.3 Å². The molecule has 1 rings (SSSR count). The lowest BCUT2D eigenvalue weighted by molar-refractivity contribution is -0.156. The molecule has 0 saturated heterocycles. The standard InChI is InChI=1S/C11H20O3/c1-11(2,10(13)14)9(12)8-6-4-3-5-7-8/h8-9,12H,3-7H2,1-2H3,(H,13,14). The van der Waals surface area contributed by atoms with Crippen LogP contribution in [0.3, 0.4) is 0 Å². The number of carbonyl (C=O) groups is 1. The van der Waals surface area contributed by atoms with E-state index in [2.05, 4.69) is 0 Å². The molecular formula is C11H20O3. The molecule has 82 valence electrons. The first-order valence-corrected chi connectivity index (χ1v) is 5.37. The van der Waals surface area contributed by atoms with Crippen molar-refractivity contribution >= 4 is 5.97 Å². The van der Waals surface area contributed by atoms with Crippen molar-refractivity contribution in [2.45, 2.75) is 52.1 Å². The molecule has 1 atom stereocenters. The van der Waals surface area contributed by atoms with Gasteiger partial charge in [-0.25, -0.2) is 0 Å². The fourth-order valence-corrected chi connectivity index (χ4v) is 2.17. The monoisotopic (exact) mass is 200 g/mol. The Hall–Kier alpha value is -0.570. The number of aliphatic hydroxyl groups is 1. The zero-order valence-electron chi connectivity index (χ0n) is 8.99. The second-order valence-corrected chi connectivity index (χ2v) is 4.87. The molecule has 1 fully saturated rings. The largest absolute Gasteiger partial charge is 0.481 e. The van der Waals surface area contributed by atoms with Gasteiger partial charge in [-0.15, -0.1) is 0 Å². The van der Waals surface area contributed by atoms with Gasteiger partial charge in [0, 0.05) is 0 Å². The number of aliphatic carboxylic acids is 1. The summed E-state index contributed by atoms with van der Waals surface area (Å²) in [7, 11) is 0. The Labute approximate surface area is 85.1 Å². The Bertz CT molecular complexity index is 205. The lowest BCUT2D eigenvalue weighted by Gasteiger charge is -2.34. The van der Waals surface area contributed by atoms with E-state index in [0.29, 0.717) is 0 Å². The molecule has 1 aliphatic rings. The number of carboxylic acids is 1. The van der Waals surface area contributed by atoms with Crippen LogP contribution in [0.4, 0.5) is 0 Å². The first kappa shape index (κ1) is 11.5. The Balaban J connectivity index is 2.62. The minimum Gasteiger partial charge on any atom is -0.481 e. The summed E-state index contributed by atoms with van der Waals surface area (Å²) in [6.45, 7) is 3.21. The van der Waals surface area contributed by atoms with Gasteiger partial charge in [0.1, 0.15) is 0 Å². The number of carboxylic acid groups (broad SMARTS) is 1. The smallest absolute Gasteiger partial charge is 0.311 e. The van der Waals surface area contributed by atoms with Gasteiger partial charge in [-0.3, -0.25) is 4.79 Å². The van der Waals surface area contributed by atoms with E-state index < -0.39 is 17.5 Å². The van der Waals surface area contributed by atoms with Gasteiger partial charge < -0.3 is 10.2 Å². The topological polar surface area (TPSA) is 57.5 Å². The molecule has 0 aromatic heterocycles. The highest BCUT2D eigenvalue weighted by Crippen LogP contribution is 2.34. The van der Waals surface area contributed by atoms with Gasteiger partial charge in [-0.2, -0.15) is 0 Å². The van der Waals surface area contributed by atoms with E-state index in [1.54, 1.807) is 13.8 Å². The first-order chi connectivity index (χ1) is 6.46. The molecule has 2 N–H and O–H groups in total. The lowest BCUT2D eigenvalue weighted by atomic mass is 9.74. The maximum atomic E-state index is 10.9. The normalized spacial score (nSPS) is 21.9. The number of hydrogen-bond acceptors (Lipinski definition) is 2. The third-order valence-corrected chi connectivity index (χ3v) is 3.39. The van der Waals surface area contributed by atoms with Crippen molar-refractivity contribution in [2.75, 3.05) is 0 Å². The van der Waals surface area contributed by atoms with E-state index in [0.717, 1.165) is 25.7 Å². The molecule has 3 nitrogen and oxygen atoms in total. The first-order valence-electron chi connectivity index (χ1n) is 5.37. The molecular weight excluding hydrogens is 180 g/mol. The molecule has 0 aromatic rings. The van der Waals surface area contributed by atoms with E-state index in [-0.39, 0.29) is 5.92 Å². The van der Waals surface area contributed by atoms with Gasteiger partial charge in [0.2, 0.25) is 0 Å². The third-order valence-electron chi connectivity index (χ3n) is 3.39. The van der Waals surface area contributed by atoms with Gasteiger partial charge in [0.15, 0.2) is 0 Å². The van der Waals surface area contributed by atoms with Crippen LogP contribution in [0.15, 0.2) is 0 Å². The summed E-state index contributed by atoms with van der Waals surface area (Å²) >= 11 is 0. The third kappa shape index (κ3) is 2.27. The number of aliphatic hydroxyl groups excluding tert-OH is 1. The molecule has 0 spiro atoms. The van der Waals surface area contributed by atoms with Crippen LogP contribution < -0.4 is 0 Å². The predicted molar refractivity (Wildman–Crippen MR) is 54.0 cm³/mol. The van der Waals surface area contributed by atoms with Crippen LogP contribution in [-0.4, -0.2) is 22.3 Å². The molecule has 0 radical (unpaired) electrons. The van der Waals surface area contributed by atoms with Gasteiger partial charge in [-0.05, 0) is 32.6 Å². The number of hydrogen-bond donors (Lipinski definition) is 2. The van der Waals surface area contributed by atoms with Crippen LogP contribution in [-0.2, 0) is 4.79 Å². The summed E-state index contributed by atoms with van der Waals surface area (Å²) in [6, 6.07) is 0.